The van der Waals surface area contributed by atoms with Crippen LogP contribution >= 0.6 is 31.3 Å². The van der Waals surface area contributed by atoms with E-state index in [4.69, 9.17) is 18.5 Å². The molecule has 1 aliphatic carbocycles. The van der Waals surface area contributed by atoms with Gasteiger partial charge in [0.1, 0.15) is 43.2 Å². The molecule has 0 saturated heterocycles. The molecule has 0 spiro atoms. The van der Waals surface area contributed by atoms with Crippen molar-refractivity contribution < 1.29 is 104 Å². The summed E-state index contributed by atoms with van der Waals surface area (Å²) < 4.78 is 81.1. The van der Waals surface area contributed by atoms with Crippen molar-refractivity contribution in [2.45, 2.75) is 146 Å². The first-order valence-corrected chi connectivity index (χ1v) is 26.1. The van der Waals surface area contributed by atoms with Crippen molar-refractivity contribution in [2.75, 3.05) is 13.2 Å². The molecule has 8 atom stereocenters. The van der Waals surface area contributed by atoms with E-state index >= 15 is 0 Å². The number of aliphatic hydroxyl groups is 2. The van der Waals surface area contributed by atoms with Crippen LogP contribution in [0.4, 0.5) is 0 Å². The fourth-order valence-electron chi connectivity index (χ4n) is 5.73. The van der Waals surface area contributed by atoms with E-state index in [1.165, 1.54) is 38.5 Å². The number of ether oxygens (including phenoxy) is 2. The smallest absolute Gasteiger partial charge is 0.456 e. The molecule has 0 aromatic heterocycles. The van der Waals surface area contributed by atoms with E-state index in [1.807, 2.05) is 5.92 Å². The predicted molar refractivity (Wildman–Crippen MR) is 227 cm³/mol. The van der Waals surface area contributed by atoms with Gasteiger partial charge in [0.15, 0.2) is 6.10 Å². The van der Waals surface area contributed by atoms with Gasteiger partial charge in [-0.15, -0.1) is 0 Å². The van der Waals surface area contributed by atoms with Gasteiger partial charge in [-0.3, -0.25) is 27.4 Å². The van der Waals surface area contributed by atoms with E-state index in [9.17, 15) is 72.3 Å². The Kier molecular flexibility index (Phi) is 29.0. The molecule has 0 heterocycles. The Hall–Kier alpha value is -3.34. The molecular formula is C39H54O22P4. The first-order valence-electron chi connectivity index (χ1n) is 20.0. The van der Waals surface area contributed by atoms with Crippen LogP contribution in [0.3, 0.4) is 0 Å². The second-order valence-corrected chi connectivity index (χ2v) is 18.8. The summed E-state index contributed by atoms with van der Waals surface area (Å²) in [6, 6.07) is 0. The molecule has 9 N–H and O–H groups in total. The first kappa shape index (κ1) is 59.7. The number of carbonyl (C=O) groups excluding carboxylic acids is 2. The van der Waals surface area contributed by atoms with Crippen LogP contribution in [0.1, 0.15) is 104 Å². The van der Waals surface area contributed by atoms with E-state index in [1.54, 1.807) is 6.92 Å². The molecule has 0 bridgehead atoms. The minimum atomic E-state index is -5.82. The summed E-state index contributed by atoms with van der Waals surface area (Å²) in [6.45, 7) is 1.80. The number of esters is 2. The largest absolute Gasteiger partial charge is 0.472 e. The zero-order valence-electron chi connectivity index (χ0n) is 35.5. The highest BCUT2D eigenvalue weighted by atomic mass is 31.2. The van der Waals surface area contributed by atoms with Gasteiger partial charge in [0.05, 0.1) is 6.61 Å². The number of phosphoric ester groups is 4. The Morgan fingerprint density at radius 1 is 0.523 bits per heavy atom. The highest BCUT2D eigenvalue weighted by Crippen LogP contribution is 2.53. The van der Waals surface area contributed by atoms with Gasteiger partial charge in [-0.2, -0.15) is 0 Å². The fourth-order valence-corrected chi connectivity index (χ4v) is 8.38. The number of carbonyl (C=O) groups is 2. The molecule has 26 heteroatoms. The average Bonchev–Trinajstić information content (AvgIpc) is 3.20. The van der Waals surface area contributed by atoms with Crippen molar-refractivity contribution >= 4 is 43.2 Å². The molecule has 65 heavy (non-hydrogen) atoms. The maximum Gasteiger partial charge on any atom is 0.472 e. The van der Waals surface area contributed by atoms with Gasteiger partial charge in [0.2, 0.25) is 0 Å². The predicted octanol–water partition coefficient (Wildman–Crippen LogP) is 2.63. The van der Waals surface area contributed by atoms with Gasteiger partial charge in [-0.25, -0.2) is 23.1 Å². The van der Waals surface area contributed by atoms with Crippen LogP contribution in [0.25, 0.3) is 0 Å². The lowest BCUT2D eigenvalue weighted by molar-refractivity contribution is -0.209. The van der Waals surface area contributed by atoms with Crippen LogP contribution in [0.2, 0.25) is 0 Å². The molecule has 1 saturated carbocycles. The molecule has 1 fully saturated rings. The van der Waals surface area contributed by atoms with Gasteiger partial charge < -0.3 is 53.9 Å². The molecule has 0 amide bonds. The molecule has 0 radical (unpaired) electrons. The molecule has 0 aromatic rings. The lowest BCUT2D eigenvalue weighted by atomic mass is 9.85. The average molecular weight is 999 g/mol. The molecule has 22 nitrogen and oxygen atoms in total. The highest BCUT2D eigenvalue weighted by molar-refractivity contribution is 7.47. The number of hydrogen-bond acceptors (Lipinski definition) is 15. The monoisotopic (exact) mass is 998 g/mol. The summed E-state index contributed by atoms with van der Waals surface area (Å²) in [5.41, 5.74) is 0. The van der Waals surface area contributed by atoms with Crippen molar-refractivity contribution in [3.05, 3.63) is 0 Å². The summed E-state index contributed by atoms with van der Waals surface area (Å²) in [5.74, 6) is 26.0. The van der Waals surface area contributed by atoms with Crippen LogP contribution in [0.5, 0.6) is 0 Å². The van der Waals surface area contributed by atoms with Crippen molar-refractivity contribution in [2.24, 2.45) is 0 Å². The Balaban J connectivity index is 3.12. The molecular weight excluding hydrogens is 944 g/mol. The van der Waals surface area contributed by atoms with Crippen molar-refractivity contribution in [1.82, 2.24) is 0 Å². The van der Waals surface area contributed by atoms with Crippen molar-refractivity contribution in [1.29, 1.82) is 0 Å². The Morgan fingerprint density at radius 2 is 0.923 bits per heavy atom. The van der Waals surface area contributed by atoms with E-state index in [2.05, 4.69) is 85.6 Å². The van der Waals surface area contributed by atoms with E-state index in [-0.39, 0.29) is 6.42 Å². The number of unbranched alkanes of at least 4 members (excludes halogenated alkanes) is 12. The van der Waals surface area contributed by atoms with Gasteiger partial charge in [0, 0.05) is 12.3 Å². The van der Waals surface area contributed by atoms with Gasteiger partial charge in [-0.1, -0.05) is 89.9 Å². The summed E-state index contributed by atoms with van der Waals surface area (Å²) in [6.07, 6.45) is -4.98. The third kappa shape index (κ3) is 29.8. The van der Waals surface area contributed by atoms with Crippen molar-refractivity contribution in [3.8, 4) is 71.0 Å². The fraction of sp³-hybridized carbons (Fsp3) is 0.641. The lowest BCUT2D eigenvalue weighted by Crippen LogP contribution is -2.65. The van der Waals surface area contributed by atoms with Crippen LogP contribution < -0.4 is 0 Å². The van der Waals surface area contributed by atoms with Gasteiger partial charge >= 0.3 is 43.2 Å². The topological polar surface area (TPSA) is 349 Å². The maximum atomic E-state index is 13.2. The number of rotatable bonds is 28. The minimum Gasteiger partial charge on any atom is -0.456 e. The zero-order chi connectivity index (χ0) is 48.9. The highest BCUT2D eigenvalue weighted by Gasteiger charge is 2.59. The van der Waals surface area contributed by atoms with Crippen LogP contribution in [0, 0.1) is 71.0 Å². The maximum absolute atomic E-state index is 13.2. The summed E-state index contributed by atoms with van der Waals surface area (Å²) in [7, 11) is -23.2. The van der Waals surface area contributed by atoms with Crippen LogP contribution in [-0.4, -0.2) is 112 Å². The third-order valence-corrected chi connectivity index (χ3v) is 11.0. The molecule has 1 aliphatic rings. The second-order valence-electron chi connectivity index (χ2n) is 13.8. The Bertz CT molecular complexity index is 2070. The number of hydrogen-bond donors (Lipinski definition) is 9. The van der Waals surface area contributed by atoms with E-state index < -0.39 is 99.2 Å². The van der Waals surface area contributed by atoms with E-state index in [0.29, 0.717) is 12.8 Å². The minimum absolute atomic E-state index is 0.129. The third-order valence-electron chi connectivity index (χ3n) is 8.48. The standard InChI is InChI=1S/C39H54O22P4/c1-3-5-7-9-11-13-15-16-18-20-22-24-26-28-33(41)57-31(29-55-32(40)27-25-23-21-19-17-14-12-10-8-6-4-2)30-56-65(53,54)61-36-34(42)37(58-62(44,45)46)39(60-64(50,51)52)38(35(36)43)59-63(47,48)49/h31,34-39,42-43H,3,5,7,9,11,13,15-16,18,20,22,24,26,28-30H2,1-2H3,(H,53,54)(H2,44,45,46)(H2,47,48,49)(H2,50,51,52)/t31-,34-,35?,36?,37?,38+,39?/m1/s1. The van der Waals surface area contributed by atoms with Crippen LogP contribution in [0.15, 0.2) is 0 Å². The summed E-state index contributed by atoms with van der Waals surface area (Å²) in [5, 5.41) is 21.7. The van der Waals surface area contributed by atoms with Gasteiger partial charge in [-0.05, 0) is 72.5 Å². The zero-order valence-corrected chi connectivity index (χ0v) is 39.1. The Labute approximate surface area is 377 Å². The first-order chi connectivity index (χ1) is 30.5. The summed E-state index contributed by atoms with van der Waals surface area (Å²) >= 11 is 0. The molecule has 1 rings (SSSR count). The normalized spacial score (nSPS) is 20.6. The molecule has 0 aliphatic heterocycles. The Morgan fingerprint density at radius 3 is 1.35 bits per heavy atom. The van der Waals surface area contributed by atoms with Gasteiger partial charge in [0.25, 0.3) is 0 Å². The SMILES string of the molecule is CC#CC#CC#CC#CC#CC#CC(=O)OC[C@H](COP(=O)(O)OC1C(O)[C@H](OP(=O)(O)O)C(OP(=O)(O)O)C(OP(=O)(O)O)[C@@H]1O)OC(=O)CCCCCCCCCCCCCCC. The summed E-state index contributed by atoms with van der Waals surface area (Å²) in [4.78, 5) is 91.9. The second kappa shape index (κ2) is 31.6. The van der Waals surface area contributed by atoms with E-state index in [0.717, 1.165) is 32.1 Å². The van der Waals surface area contributed by atoms with Crippen molar-refractivity contribution in [3.63, 3.8) is 0 Å². The number of aliphatic hydroxyl groups excluding tert-OH is 2. The quantitative estimate of drug-likeness (QED) is 0.0179. The molecule has 5 unspecified atom stereocenters. The molecule has 362 valence electrons. The lowest BCUT2D eigenvalue weighted by Gasteiger charge is -2.45. The molecule has 0 aromatic carbocycles. The number of phosphoric acid groups is 4. The van der Waals surface area contributed by atoms with Crippen LogP contribution in [-0.2, 0) is 59.9 Å².